The second-order valence-electron chi connectivity index (χ2n) is 3.51. The Labute approximate surface area is 105 Å². The number of hydrogen-bond acceptors (Lipinski definition) is 4. The van der Waals surface area contributed by atoms with Crippen molar-refractivity contribution in [3.8, 4) is 11.5 Å². The number of alkyl carbamates (subject to hydrolysis) is 1. The minimum Gasteiger partial charge on any atom is -0.507 e. The van der Waals surface area contributed by atoms with Crippen LogP contribution in [0, 0.1) is 0 Å². The summed E-state index contributed by atoms with van der Waals surface area (Å²) in [5.74, 6) is 0.679. The number of phenols is 1. The van der Waals surface area contributed by atoms with Gasteiger partial charge in [0.05, 0.1) is 25.3 Å². The predicted molar refractivity (Wildman–Crippen MR) is 63.7 cm³/mol. The molecular formula is C11H14ClNO4. The van der Waals surface area contributed by atoms with Gasteiger partial charge in [-0.15, -0.1) is 12.4 Å². The first kappa shape index (κ1) is 13.4. The normalized spacial score (nSPS) is 18.6. The lowest BCUT2D eigenvalue weighted by Gasteiger charge is -2.25. The fraction of sp³-hybridized carbons (Fsp3) is 0.364. The molecule has 1 amide bonds. The number of methoxy groups -OCH3 is 1. The van der Waals surface area contributed by atoms with Crippen molar-refractivity contribution in [1.29, 1.82) is 0 Å². The van der Waals surface area contributed by atoms with Gasteiger partial charge in [0, 0.05) is 6.42 Å². The Morgan fingerprint density at radius 1 is 1.53 bits per heavy atom. The van der Waals surface area contributed by atoms with Gasteiger partial charge in [0.2, 0.25) is 0 Å². The van der Waals surface area contributed by atoms with E-state index in [1.807, 2.05) is 0 Å². The van der Waals surface area contributed by atoms with Crippen LogP contribution in [0.15, 0.2) is 18.2 Å². The van der Waals surface area contributed by atoms with Gasteiger partial charge in [-0.05, 0) is 12.1 Å². The van der Waals surface area contributed by atoms with E-state index in [2.05, 4.69) is 5.32 Å². The number of carbonyl (C=O) groups excluding carboxylic acids is 1. The third kappa shape index (κ3) is 2.74. The molecule has 0 bridgehead atoms. The molecule has 1 aromatic carbocycles. The number of hydrogen-bond donors (Lipinski definition) is 2. The highest BCUT2D eigenvalue weighted by Crippen LogP contribution is 2.35. The lowest BCUT2D eigenvalue weighted by Crippen LogP contribution is -2.35. The summed E-state index contributed by atoms with van der Waals surface area (Å²) in [6.45, 7) is 0.341. The first-order valence-electron chi connectivity index (χ1n) is 5.01. The summed E-state index contributed by atoms with van der Waals surface area (Å²) in [4.78, 5) is 11.1. The third-order valence-electron chi connectivity index (χ3n) is 2.54. The summed E-state index contributed by atoms with van der Waals surface area (Å²) in [6.07, 6.45) is 0.140. The molecule has 1 heterocycles. The highest BCUT2D eigenvalue weighted by atomic mass is 35.5. The fourth-order valence-electron chi connectivity index (χ4n) is 1.80. The molecule has 1 saturated heterocycles. The van der Waals surface area contributed by atoms with Crippen LogP contribution in [0.5, 0.6) is 11.5 Å². The topological polar surface area (TPSA) is 67.8 Å². The Hall–Kier alpha value is -1.62. The molecule has 0 aliphatic carbocycles. The summed E-state index contributed by atoms with van der Waals surface area (Å²) < 4.78 is 9.93. The van der Waals surface area contributed by atoms with E-state index in [-0.39, 0.29) is 24.2 Å². The second-order valence-corrected chi connectivity index (χ2v) is 3.51. The van der Waals surface area contributed by atoms with Crippen molar-refractivity contribution in [2.75, 3.05) is 13.7 Å². The zero-order valence-corrected chi connectivity index (χ0v) is 10.1. The molecule has 1 aromatic rings. The molecule has 1 aliphatic heterocycles. The monoisotopic (exact) mass is 259 g/mol. The van der Waals surface area contributed by atoms with Crippen molar-refractivity contribution in [1.82, 2.24) is 5.32 Å². The molecule has 17 heavy (non-hydrogen) atoms. The SMILES string of the molecule is COc1cccc(O)c1[C@H]1CCOC(=O)N1.Cl. The predicted octanol–water partition coefficient (Wildman–Crippen LogP) is 1.99. The Morgan fingerprint density at radius 2 is 2.29 bits per heavy atom. The largest absolute Gasteiger partial charge is 0.507 e. The molecular weight excluding hydrogens is 246 g/mol. The number of halogens is 1. The van der Waals surface area contributed by atoms with Gasteiger partial charge in [0.25, 0.3) is 0 Å². The average Bonchev–Trinajstić information content (AvgIpc) is 2.28. The minimum atomic E-state index is -0.471. The Kier molecular flexibility index (Phi) is 4.45. The molecule has 1 atom stereocenters. The zero-order valence-electron chi connectivity index (χ0n) is 9.30. The maximum atomic E-state index is 11.1. The van der Waals surface area contributed by atoms with Crippen molar-refractivity contribution in [3.05, 3.63) is 23.8 Å². The summed E-state index contributed by atoms with van der Waals surface area (Å²) >= 11 is 0. The molecule has 94 valence electrons. The van der Waals surface area contributed by atoms with Gasteiger partial charge in [-0.1, -0.05) is 6.07 Å². The van der Waals surface area contributed by atoms with Crippen LogP contribution in [0.4, 0.5) is 4.79 Å². The van der Waals surface area contributed by atoms with Crippen molar-refractivity contribution in [2.45, 2.75) is 12.5 Å². The van der Waals surface area contributed by atoms with E-state index < -0.39 is 6.09 Å². The Morgan fingerprint density at radius 3 is 2.94 bits per heavy atom. The van der Waals surface area contributed by atoms with Gasteiger partial charge in [0.1, 0.15) is 11.5 Å². The van der Waals surface area contributed by atoms with Crippen molar-refractivity contribution >= 4 is 18.5 Å². The second kappa shape index (κ2) is 5.63. The van der Waals surface area contributed by atoms with E-state index in [1.165, 1.54) is 7.11 Å². The van der Waals surface area contributed by atoms with Crippen LogP contribution in [0.25, 0.3) is 0 Å². The van der Waals surface area contributed by atoms with Crippen molar-refractivity contribution in [2.24, 2.45) is 0 Å². The molecule has 1 aliphatic rings. The summed E-state index contributed by atoms with van der Waals surface area (Å²) in [5.41, 5.74) is 0.599. The molecule has 0 unspecified atom stereocenters. The lowest BCUT2D eigenvalue weighted by molar-refractivity contribution is 0.114. The van der Waals surface area contributed by atoms with Crippen LogP contribution in [-0.4, -0.2) is 24.9 Å². The third-order valence-corrected chi connectivity index (χ3v) is 2.54. The first-order valence-corrected chi connectivity index (χ1v) is 5.01. The van der Waals surface area contributed by atoms with Crippen LogP contribution in [0.3, 0.4) is 0 Å². The molecule has 6 heteroatoms. The fourth-order valence-corrected chi connectivity index (χ4v) is 1.80. The summed E-state index contributed by atoms with van der Waals surface area (Å²) in [7, 11) is 1.53. The van der Waals surface area contributed by atoms with Crippen LogP contribution in [-0.2, 0) is 4.74 Å². The van der Waals surface area contributed by atoms with Crippen LogP contribution in [0.1, 0.15) is 18.0 Å². The number of phenolic OH excluding ortho intramolecular Hbond substituents is 1. The first-order chi connectivity index (χ1) is 7.72. The van der Waals surface area contributed by atoms with Gasteiger partial charge in [-0.3, -0.25) is 0 Å². The summed E-state index contributed by atoms with van der Waals surface area (Å²) in [6, 6.07) is 4.74. The number of aromatic hydroxyl groups is 1. The molecule has 1 fully saturated rings. The number of benzene rings is 1. The summed E-state index contributed by atoms with van der Waals surface area (Å²) in [5, 5.41) is 12.4. The van der Waals surface area contributed by atoms with Crippen molar-refractivity contribution in [3.63, 3.8) is 0 Å². The van der Waals surface area contributed by atoms with E-state index in [0.29, 0.717) is 24.3 Å². The molecule has 2 N–H and O–H groups in total. The van der Waals surface area contributed by atoms with Gasteiger partial charge < -0.3 is 19.9 Å². The molecule has 0 saturated carbocycles. The number of ether oxygens (including phenoxy) is 2. The van der Waals surface area contributed by atoms with E-state index in [1.54, 1.807) is 18.2 Å². The highest BCUT2D eigenvalue weighted by Gasteiger charge is 2.25. The van der Waals surface area contributed by atoms with Gasteiger partial charge >= 0.3 is 6.09 Å². The zero-order chi connectivity index (χ0) is 11.5. The lowest BCUT2D eigenvalue weighted by atomic mass is 10.0. The minimum absolute atomic E-state index is 0. The number of amides is 1. The average molecular weight is 260 g/mol. The number of nitrogens with one attached hydrogen (secondary N) is 1. The van der Waals surface area contributed by atoms with E-state index in [4.69, 9.17) is 9.47 Å². The Bertz CT molecular complexity index is 410. The molecule has 5 nitrogen and oxygen atoms in total. The van der Waals surface area contributed by atoms with Crippen LogP contribution in [0.2, 0.25) is 0 Å². The van der Waals surface area contributed by atoms with Gasteiger partial charge in [0.15, 0.2) is 0 Å². The quantitative estimate of drug-likeness (QED) is 0.852. The Balaban J connectivity index is 0.00000144. The molecule has 0 aromatic heterocycles. The van der Waals surface area contributed by atoms with Crippen LogP contribution >= 0.6 is 12.4 Å². The maximum absolute atomic E-state index is 11.1. The molecule has 0 radical (unpaired) electrons. The maximum Gasteiger partial charge on any atom is 0.407 e. The highest BCUT2D eigenvalue weighted by molar-refractivity contribution is 5.85. The van der Waals surface area contributed by atoms with E-state index in [0.717, 1.165) is 0 Å². The number of cyclic esters (lactones) is 1. The van der Waals surface area contributed by atoms with Crippen LogP contribution < -0.4 is 10.1 Å². The van der Waals surface area contributed by atoms with Gasteiger partial charge in [-0.25, -0.2) is 4.79 Å². The molecule has 0 spiro atoms. The van der Waals surface area contributed by atoms with E-state index >= 15 is 0 Å². The smallest absolute Gasteiger partial charge is 0.407 e. The van der Waals surface area contributed by atoms with E-state index in [9.17, 15) is 9.90 Å². The number of carbonyl (C=O) groups is 1. The van der Waals surface area contributed by atoms with Crippen molar-refractivity contribution < 1.29 is 19.4 Å². The number of rotatable bonds is 2. The standard InChI is InChI=1S/C11H13NO4.ClH/c1-15-9-4-2-3-8(13)10(9)7-5-6-16-11(14)12-7;/h2-4,7,13H,5-6H2,1H3,(H,12,14);1H/t7-;/m1./s1. The van der Waals surface area contributed by atoms with Gasteiger partial charge in [-0.2, -0.15) is 0 Å². The molecule has 2 rings (SSSR count).